The number of hydrogen-bond donors (Lipinski definition) is 2. The fourth-order valence-electron chi connectivity index (χ4n) is 3.79. The van der Waals surface area contributed by atoms with Gasteiger partial charge in [0.05, 0.1) is 17.6 Å². The monoisotopic (exact) mass is 473 g/mol. The van der Waals surface area contributed by atoms with Crippen LogP contribution in [0.4, 0.5) is 5.69 Å². The number of sulfonamides is 1. The maximum absolute atomic E-state index is 13.1. The Bertz CT molecular complexity index is 1170. The summed E-state index contributed by atoms with van der Waals surface area (Å²) in [5.74, 6) is -1.48. The number of carbonyl (C=O) groups is 3. The maximum atomic E-state index is 13.1. The molecule has 1 saturated heterocycles. The molecule has 1 heterocycles. The second-order valence-corrected chi connectivity index (χ2v) is 9.67. The molecule has 10 heteroatoms. The van der Waals surface area contributed by atoms with Crippen LogP contribution >= 0.6 is 0 Å². The third kappa shape index (κ3) is 5.23. The molecule has 0 aliphatic carbocycles. The quantitative estimate of drug-likeness (QED) is 0.620. The summed E-state index contributed by atoms with van der Waals surface area (Å²) in [6.45, 7) is 2.12. The fraction of sp³-hybridized carbons (Fsp3) is 0.348. The molecule has 0 saturated carbocycles. The number of methoxy groups -OCH3 is 1. The normalized spacial score (nSPS) is 15.0. The average Bonchev–Trinajstić information content (AvgIpc) is 2.84. The number of piperidine rings is 1. The molecule has 0 radical (unpaired) electrons. The number of aryl methyl sites for hydroxylation is 1. The van der Waals surface area contributed by atoms with Gasteiger partial charge in [-0.25, -0.2) is 13.2 Å². The van der Waals surface area contributed by atoms with Crippen LogP contribution in [-0.4, -0.2) is 57.8 Å². The summed E-state index contributed by atoms with van der Waals surface area (Å²) in [5, 5.41) is 5.44. The third-order valence-corrected chi connectivity index (χ3v) is 7.67. The van der Waals surface area contributed by atoms with Gasteiger partial charge in [0.15, 0.2) is 0 Å². The van der Waals surface area contributed by atoms with Crippen molar-refractivity contribution in [1.82, 2.24) is 9.62 Å². The molecule has 176 valence electrons. The van der Waals surface area contributed by atoms with Gasteiger partial charge >= 0.3 is 5.97 Å². The molecule has 33 heavy (non-hydrogen) atoms. The highest BCUT2D eigenvalue weighted by atomic mass is 32.2. The molecule has 1 aliphatic heterocycles. The number of rotatable bonds is 6. The number of carbonyl (C=O) groups excluding carboxylic acids is 3. The van der Waals surface area contributed by atoms with E-state index in [1.165, 1.54) is 23.5 Å². The van der Waals surface area contributed by atoms with Gasteiger partial charge in [0.1, 0.15) is 0 Å². The van der Waals surface area contributed by atoms with Crippen molar-refractivity contribution in [3.05, 3.63) is 59.2 Å². The number of hydrogen-bond acceptors (Lipinski definition) is 6. The van der Waals surface area contributed by atoms with Crippen molar-refractivity contribution < 1.29 is 27.5 Å². The molecule has 2 N–H and O–H groups in total. The van der Waals surface area contributed by atoms with E-state index in [9.17, 15) is 22.8 Å². The number of nitrogens with zero attached hydrogens (tertiary/aromatic N) is 1. The van der Waals surface area contributed by atoms with E-state index in [2.05, 4.69) is 10.6 Å². The van der Waals surface area contributed by atoms with Gasteiger partial charge in [-0.2, -0.15) is 4.31 Å². The van der Waals surface area contributed by atoms with Crippen LogP contribution in [0.3, 0.4) is 0 Å². The summed E-state index contributed by atoms with van der Waals surface area (Å²) in [7, 11) is -1.17. The molecule has 1 aliphatic rings. The minimum atomic E-state index is -3.92. The van der Waals surface area contributed by atoms with E-state index >= 15 is 0 Å². The van der Waals surface area contributed by atoms with Crippen LogP contribution in [0.25, 0.3) is 0 Å². The van der Waals surface area contributed by atoms with Gasteiger partial charge in [0.25, 0.3) is 5.91 Å². The van der Waals surface area contributed by atoms with E-state index in [-0.39, 0.29) is 41.3 Å². The van der Waals surface area contributed by atoms with E-state index in [1.54, 1.807) is 44.3 Å². The average molecular weight is 474 g/mol. The van der Waals surface area contributed by atoms with Crippen molar-refractivity contribution in [2.45, 2.75) is 24.7 Å². The highest BCUT2D eigenvalue weighted by molar-refractivity contribution is 7.89. The van der Waals surface area contributed by atoms with E-state index < -0.39 is 16.0 Å². The first kappa shape index (κ1) is 24.4. The molecule has 2 amide bonds. The Morgan fingerprint density at radius 1 is 1.06 bits per heavy atom. The van der Waals surface area contributed by atoms with Crippen molar-refractivity contribution in [3.8, 4) is 0 Å². The molecule has 9 nitrogen and oxygen atoms in total. The lowest BCUT2D eigenvalue weighted by Crippen LogP contribution is -2.41. The number of benzene rings is 2. The maximum Gasteiger partial charge on any atom is 0.339 e. The zero-order chi connectivity index (χ0) is 24.2. The van der Waals surface area contributed by atoms with E-state index in [1.807, 2.05) is 0 Å². The Hall–Kier alpha value is -3.24. The van der Waals surface area contributed by atoms with Gasteiger partial charge in [-0.05, 0) is 55.7 Å². The van der Waals surface area contributed by atoms with Crippen molar-refractivity contribution in [2.24, 2.45) is 5.92 Å². The predicted octanol–water partition coefficient (Wildman–Crippen LogP) is 2.18. The summed E-state index contributed by atoms with van der Waals surface area (Å²) < 4.78 is 32.3. The Labute approximate surface area is 193 Å². The summed E-state index contributed by atoms with van der Waals surface area (Å²) >= 11 is 0. The lowest BCUT2D eigenvalue weighted by molar-refractivity contribution is -0.120. The lowest BCUT2D eigenvalue weighted by atomic mass is 9.97. The molecule has 1 fully saturated rings. The van der Waals surface area contributed by atoms with Crippen LogP contribution in [0.2, 0.25) is 0 Å². The number of ether oxygens (including phenoxy) is 1. The number of nitrogens with one attached hydrogen (secondary N) is 2. The van der Waals surface area contributed by atoms with Crippen LogP contribution in [0.1, 0.15) is 39.1 Å². The van der Waals surface area contributed by atoms with Gasteiger partial charge in [0.2, 0.25) is 15.9 Å². The molecule has 0 unspecified atom stereocenters. The van der Waals surface area contributed by atoms with Crippen LogP contribution in [-0.2, 0) is 19.6 Å². The van der Waals surface area contributed by atoms with Crippen molar-refractivity contribution >= 4 is 33.5 Å². The zero-order valence-corrected chi connectivity index (χ0v) is 19.6. The van der Waals surface area contributed by atoms with Crippen LogP contribution in [0, 0.1) is 12.8 Å². The number of amides is 2. The highest BCUT2D eigenvalue weighted by Crippen LogP contribution is 2.27. The van der Waals surface area contributed by atoms with Gasteiger partial charge in [0, 0.05) is 37.3 Å². The molecular formula is C23H27N3O6S. The Kier molecular flexibility index (Phi) is 7.50. The minimum Gasteiger partial charge on any atom is -0.465 e. The second-order valence-electron chi connectivity index (χ2n) is 7.76. The summed E-state index contributed by atoms with van der Waals surface area (Å²) in [4.78, 5) is 36.4. The first-order valence-electron chi connectivity index (χ1n) is 10.5. The molecule has 0 spiro atoms. The molecule has 0 atom stereocenters. The Morgan fingerprint density at radius 2 is 1.73 bits per heavy atom. The van der Waals surface area contributed by atoms with Crippen LogP contribution in [0.5, 0.6) is 0 Å². The minimum absolute atomic E-state index is 0.0180. The van der Waals surface area contributed by atoms with E-state index in [0.29, 0.717) is 24.1 Å². The predicted molar refractivity (Wildman–Crippen MR) is 122 cm³/mol. The molecule has 0 bridgehead atoms. The first-order valence-corrected chi connectivity index (χ1v) is 11.9. The fourth-order valence-corrected chi connectivity index (χ4v) is 5.44. The third-order valence-electron chi connectivity index (χ3n) is 5.71. The van der Waals surface area contributed by atoms with Gasteiger partial charge in [-0.1, -0.05) is 12.1 Å². The zero-order valence-electron chi connectivity index (χ0n) is 18.8. The van der Waals surface area contributed by atoms with Crippen molar-refractivity contribution in [1.29, 1.82) is 0 Å². The lowest BCUT2D eigenvalue weighted by Gasteiger charge is -2.31. The number of esters is 1. The van der Waals surface area contributed by atoms with Crippen molar-refractivity contribution in [3.63, 3.8) is 0 Å². The van der Waals surface area contributed by atoms with E-state index in [0.717, 1.165) is 5.56 Å². The summed E-state index contributed by atoms with van der Waals surface area (Å²) in [5.41, 5.74) is 1.84. The second kappa shape index (κ2) is 10.1. The summed E-state index contributed by atoms with van der Waals surface area (Å²) in [6.07, 6.45) is 0.696. The molecule has 0 aromatic heterocycles. The number of anilines is 1. The SMILES string of the molecule is CNC(=O)c1ccc(NC(=O)C2CCN(S(=O)(=O)c3ccccc3C(=O)OC)CC2)c(C)c1. The Morgan fingerprint density at radius 3 is 2.33 bits per heavy atom. The van der Waals surface area contributed by atoms with Gasteiger partial charge < -0.3 is 15.4 Å². The summed E-state index contributed by atoms with van der Waals surface area (Å²) in [6, 6.07) is 10.9. The molecular weight excluding hydrogens is 446 g/mol. The smallest absolute Gasteiger partial charge is 0.339 e. The Balaban J connectivity index is 1.67. The topological polar surface area (TPSA) is 122 Å². The van der Waals surface area contributed by atoms with Crippen LogP contribution < -0.4 is 10.6 Å². The first-order chi connectivity index (χ1) is 15.7. The van der Waals surface area contributed by atoms with Gasteiger partial charge in [-0.3, -0.25) is 9.59 Å². The van der Waals surface area contributed by atoms with Crippen LogP contribution in [0.15, 0.2) is 47.4 Å². The van der Waals surface area contributed by atoms with E-state index in [4.69, 9.17) is 4.74 Å². The standard InChI is InChI=1S/C23H27N3O6S/c1-15-14-17(21(27)24-2)8-9-19(15)25-22(28)16-10-12-26(13-11-16)33(30,31)20-7-5-4-6-18(20)23(29)32-3/h4-9,14,16H,10-13H2,1-3H3,(H,24,27)(H,25,28). The highest BCUT2D eigenvalue weighted by Gasteiger charge is 2.34. The largest absolute Gasteiger partial charge is 0.465 e. The van der Waals surface area contributed by atoms with Crippen molar-refractivity contribution in [2.75, 3.05) is 32.6 Å². The molecule has 2 aromatic rings. The van der Waals surface area contributed by atoms with Gasteiger partial charge in [-0.15, -0.1) is 0 Å². The molecule has 2 aromatic carbocycles. The molecule has 3 rings (SSSR count).